The minimum absolute atomic E-state index is 0.0477. The molecule has 0 aliphatic rings. The SMILES string of the molecule is COc1cc(C(=O)c2c(C)oc3c(O[PH](=O)O)c(OC)ccc23)cc(OC)c1OC. The first-order valence-corrected chi connectivity index (χ1v) is 9.98. The van der Waals surface area contributed by atoms with E-state index in [1.165, 1.54) is 46.6 Å². The Labute approximate surface area is 173 Å². The second kappa shape index (κ2) is 8.69. The number of methoxy groups -OCH3 is 4. The van der Waals surface area contributed by atoms with Crippen molar-refractivity contribution in [3.05, 3.63) is 41.2 Å². The van der Waals surface area contributed by atoms with Crippen molar-refractivity contribution < 1.29 is 42.1 Å². The highest BCUT2D eigenvalue weighted by atomic mass is 31.1. The lowest BCUT2D eigenvalue weighted by Crippen LogP contribution is -2.05. The van der Waals surface area contributed by atoms with Crippen LogP contribution in [-0.2, 0) is 4.57 Å². The van der Waals surface area contributed by atoms with Crippen LogP contribution in [0.15, 0.2) is 28.7 Å². The summed E-state index contributed by atoms with van der Waals surface area (Å²) in [5, 5.41) is 0.408. The first-order valence-electron chi connectivity index (χ1n) is 8.71. The third-order valence-corrected chi connectivity index (χ3v) is 4.89. The Balaban J connectivity index is 2.21. The van der Waals surface area contributed by atoms with E-state index >= 15 is 0 Å². The molecule has 0 fully saturated rings. The number of aryl methyl sites for hydroxylation is 1. The largest absolute Gasteiger partial charge is 0.493 e. The first kappa shape index (κ1) is 21.5. The van der Waals surface area contributed by atoms with Crippen molar-refractivity contribution in [3.63, 3.8) is 0 Å². The van der Waals surface area contributed by atoms with Crippen LogP contribution >= 0.6 is 8.25 Å². The molecule has 1 aromatic heterocycles. The molecule has 2 aromatic carbocycles. The number of carbonyl (C=O) groups is 1. The fraction of sp³-hybridized carbons (Fsp3) is 0.250. The molecule has 0 saturated heterocycles. The van der Waals surface area contributed by atoms with Gasteiger partial charge in [-0.15, -0.1) is 0 Å². The normalized spacial score (nSPS) is 11.8. The van der Waals surface area contributed by atoms with Gasteiger partial charge in [-0.3, -0.25) is 4.79 Å². The summed E-state index contributed by atoms with van der Waals surface area (Å²) in [6, 6.07) is 6.23. The van der Waals surface area contributed by atoms with E-state index in [2.05, 4.69) is 0 Å². The van der Waals surface area contributed by atoms with Gasteiger partial charge in [-0.25, -0.2) is 4.57 Å². The number of rotatable bonds is 8. The number of ether oxygens (including phenoxy) is 4. The van der Waals surface area contributed by atoms with Crippen molar-refractivity contribution in [2.24, 2.45) is 0 Å². The van der Waals surface area contributed by atoms with E-state index in [9.17, 15) is 14.3 Å². The molecule has 0 spiro atoms. The molecular weight excluding hydrogens is 415 g/mol. The topological polar surface area (TPSA) is 114 Å². The van der Waals surface area contributed by atoms with E-state index in [4.69, 9.17) is 27.9 Å². The molecule has 0 bridgehead atoms. The van der Waals surface area contributed by atoms with E-state index < -0.39 is 8.25 Å². The molecule has 0 radical (unpaired) electrons. The molecule has 1 heterocycles. The number of hydrogen-bond donors (Lipinski definition) is 1. The van der Waals surface area contributed by atoms with Gasteiger partial charge in [0.25, 0.3) is 0 Å². The minimum atomic E-state index is -3.33. The summed E-state index contributed by atoms with van der Waals surface area (Å²) >= 11 is 0. The van der Waals surface area contributed by atoms with Gasteiger partial charge in [0, 0.05) is 10.9 Å². The Kier molecular flexibility index (Phi) is 6.24. The van der Waals surface area contributed by atoms with Crippen molar-refractivity contribution in [2.75, 3.05) is 28.4 Å². The van der Waals surface area contributed by atoms with Gasteiger partial charge in [0.2, 0.25) is 11.5 Å². The highest BCUT2D eigenvalue weighted by molar-refractivity contribution is 7.32. The minimum Gasteiger partial charge on any atom is -0.493 e. The number of furan rings is 1. The Bertz CT molecular complexity index is 1110. The molecule has 9 nitrogen and oxygen atoms in total. The fourth-order valence-electron chi connectivity index (χ4n) is 3.22. The lowest BCUT2D eigenvalue weighted by molar-refractivity contribution is 0.103. The summed E-state index contributed by atoms with van der Waals surface area (Å²) in [6.45, 7) is 1.61. The van der Waals surface area contributed by atoms with E-state index in [-0.39, 0.29) is 34.0 Å². The Morgan fingerprint density at radius 1 is 0.933 bits per heavy atom. The smallest absolute Gasteiger partial charge is 0.365 e. The molecule has 30 heavy (non-hydrogen) atoms. The van der Waals surface area contributed by atoms with Crippen molar-refractivity contribution in [1.29, 1.82) is 0 Å². The number of benzene rings is 2. The molecule has 0 aliphatic carbocycles. The summed E-state index contributed by atoms with van der Waals surface area (Å²) in [4.78, 5) is 22.6. The second-order valence-electron chi connectivity index (χ2n) is 6.12. The Morgan fingerprint density at radius 2 is 1.53 bits per heavy atom. The predicted octanol–water partition coefficient (Wildman–Crippen LogP) is 3.77. The van der Waals surface area contributed by atoms with Crippen LogP contribution in [0.25, 0.3) is 11.0 Å². The molecule has 0 amide bonds. The van der Waals surface area contributed by atoms with Crippen LogP contribution in [0.3, 0.4) is 0 Å². The molecular formula is C20H21O9P. The van der Waals surface area contributed by atoms with Crippen molar-refractivity contribution in [2.45, 2.75) is 6.92 Å². The summed E-state index contributed by atoms with van der Waals surface area (Å²) < 4.78 is 43.2. The van der Waals surface area contributed by atoms with Crippen LogP contribution < -0.4 is 23.5 Å². The molecule has 1 unspecified atom stereocenters. The fourth-order valence-corrected chi connectivity index (χ4v) is 3.59. The van der Waals surface area contributed by atoms with Crippen LogP contribution in [0.4, 0.5) is 0 Å². The van der Waals surface area contributed by atoms with Gasteiger partial charge in [0.15, 0.2) is 28.6 Å². The van der Waals surface area contributed by atoms with Gasteiger partial charge in [0.1, 0.15) is 5.76 Å². The van der Waals surface area contributed by atoms with Gasteiger partial charge in [0.05, 0.1) is 34.0 Å². The van der Waals surface area contributed by atoms with Gasteiger partial charge in [-0.1, -0.05) is 0 Å². The predicted molar refractivity (Wildman–Crippen MR) is 109 cm³/mol. The van der Waals surface area contributed by atoms with Gasteiger partial charge >= 0.3 is 8.25 Å². The molecule has 3 rings (SSSR count). The van der Waals surface area contributed by atoms with E-state index in [1.807, 2.05) is 0 Å². The van der Waals surface area contributed by atoms with Crippen molar-refractivity contribution in [3.8, 4) is 28.7 Å². The van der Waals surface area contributed by atoms with E-state index in [0.717, 1.165) is 0 Å². The zero-order valence-electron chi connectivity index (χ0n) is 17.0. The number of fused-ring (bicyclic) bond motifs is 1. The zero-order chi connectivity index (χ0) is 22.0. The number of carbonyl (C=O) groups excluding carboxylic acids is 1. The zero-order valence-corrected chi connectivity index (χ0v) is 18.0. The lowest BCUT2D eigenvalue weighted by atomic mass is 9.99. The molecule has 0 saturated carbocycles. The molecule has 160 valence electrons. The molecule has 1 atom stereocenters. The maximum Gasteiger partial charge on any atom is 0.365 e. The van der Waals surface area contributed by atoms with Crippen LogP contribution in [0.2, 0.25) is 0 Å². The maximum atomic E-state index is 13.4. The molecule has 3 aromatic rings. The van der Waals surface area contributed by atoms with Crippen LogP contribution in [-0.4, -0.2) is 39.1 Å². The monoisotopic (exact) mass is 436 g/mol. The van der Waals surface area contributed by atoms with Crippen molar-refractivity contribution in [1.82, 2.24) is 0 Å². The number of ketones is 1. The molecule has 0 aliphatic heterocycles. The second-order valence-corrected chi connectivity index (χ2v) is 6.85. The van der Waals surface area contributed by atoms with E-state index in [1.54, 1.807) is 13.0 Å². The maximum absolute atomic E-state index is 13.4. The first-order chi connectivity index (χ1) is 14.4. The summed E-state index contributed by atoms with van der Waals surface area (Å²) in [7, 11) is 2.44. The van der Waals surface area contributed by atoms with Crippen LogP contribution in [0, 0.1) is 6.92 Å². The quantitative estimate of drug-likeness (QED) is 0.416. The summed E-state index contributed by atoms with van der Waals surface area (Å²) in [5.41, 5.74) is 0.684. The summed E-state index contributed by atoms with van der Waals surface area (Å²) in [6.07, 6.45) is 0. The highest BCUT2D eigenvalue weighted by Crippen LogP contribution is 2.44. The molecule has 1 N–H and O–H groups in total. The standard InChI is InChI=1S/C20H21O9P/c1-10-16(12-6-7-13(24-2)20(18(12)28-10)29-30(22)23)17(21)11-8-14(25-3)19(27-5)15(9-11)26-4/h6-9,30H,1-5H3,(H,22,23). The Hall–Kier alpha value is -3.16. The summed E-state index contributed by atoms with van der Waals surface area (Å²) in [5.74, 6) is 1.12. The third-order valence-electron chi connectivity index (χ3n) is 4.52. The van der Waals surface area contributed by atoms with Crippen LogP contribution in [0.5, 0.6) is 28.7 Å². The lowest BCUT2D eigenvalue weighted by Gasteiger charge is -2.13. The van der Waals surface area contributed by atoms with E-state index in [0.29, 0.717) is 28.4 Å². The average molecular weight is 436 g/mol. The van der Waals surface area contributed by atoms with Gasteiger partial charge in [-0.2, -0.15) is 0 Å². The van der Waals surface area contributed by atoms with Crippen LogP contribution in [0.1, 0.15) is 21.7 Å². The van der Waals surface area contributed by atoms with Gasteiger partial charge in [-0.05, 0) is 31.2 Å². The number of hydrogen-bond acceptors (Lipinski definition) is 8. The van der Waals surface area contributed by atoms with Gasteiger partial charge < -0.3 is 32.8 Å². The third kappa shape index (κ3) is 3.69. The molecule has 10 heteroatoms. The average Bonchev–Trinajstić information content (AvgIpc) is 3.08. The Morgan fingerprint density at radius 3 is 2.03 bits per heavy atom. The highest BCUT2D eigenvalue weighted by Gasteiger charge is 2.26. The van der Waals surface area contributed by atoms with Crippen molar-refractivity contribution >= 4 is 25.0 Å².